The van der Waals surface area contributed by atoms with Crippen molar-refractivity contribution in [3.63, 3.8) is 0 Å². The molecule has 0 radical (unpaired) electrons. The zero-order valence-electron chi connectivity index (χ0n) is 17.7. The van der Waals surface area contributed by atoms with Crippen molar-refractivity contribution in [2.75, 3.05) is 13.7 Å². The number of methoxy groups -OCH3 is 1. The Morgan fingerprint density at radius 3 is 2.71 bits per heavy atom. The van der Waals surface area contributed by atoms with Gasteiger partial charge in [0.25, 0.3) is 0 Å². The predicted molar refractivity (Wildman–Crippen MR) is 125 cm³/mol. The number of halogens is 1. The number of benzene rings is 3. The number of aryl methyl sites for hydroxylation is 1. The second-order valence-corrected chi connectivity index (χ2v) is 7.92. The van der Waals surface area contributed by atoms with Crippen molar-refractivity contribution in [2.45, 2.75) is 26.5 Å². The molecule has 0 saturated heterocycles. The lowest BCUT2D eigenvalue weighted by Crippen LogP contribution is -2.17. The van der Waals surface area contributed by atoms with Crippen LogP contribution in [0.25, 0.3) is 11.0 Å². The van der Waals surface area contributed by atoms with Gasteiger partial charge in [0.15, 0.2) is 11.5 Å². The molecular formula is C25H26ClN3O2. The zero-order chi connectivity index (χ0) is 21.6. The van der Waals surface area contributed by atoms with E-state index in [1.807, 2.05) is 48.5 Å². The van der Waals surface area contributed by atoms with Crippen LogP contribution in [0.1, 0.15) is 22.5 Å². The van der Waals surface area contributed by atoms with E-state index in [9.17, 15) is 0 Å². The minimum atomic E-state index is 0.437. The first-order valence-corrected chi connectivity index (χ1v) is 10.7. The Bertz CT molecular complexity index is 1140. The Labute approximate surface area is 187 Å². The van der Waals surface area contributed by atoms with Crippen LogP contribution in [0.15, 0.2) is 60.7 Å². The second kappa shape index (κ2) is 9.86. The van der Waals surface area contributed by atoms with E-state index >= 15 is 0 Å². The molecule has 1 heterocycles. The van der Waals surface area contributed by atoms with Gasteiger partial charge in [0.05, 0.1) is 23.2 Å². The van der Waals surface area contributed by atoms with Gasteiger partial charge in [0.2, 0.25) is 0 Å². The van der Waals surface area contributed by atoms with Gasteiger partial charge in [-0.25, -0.2) is 4.98 Å². The lowest BCUT2D eigenvalue weighted by molar-refractivity contribution is 0.284. The van der Waals surface area contributed by atoms with Gasteiger partial charge in [0.1, 0.15) is 12.4 Å². The largest absolute Gasteiger partial charge is 0.493 e. The number of imidazole rings is 1. The molecule has 0 aliphatic rings. The third-order valence-electron chi connectivity index (χ3n) is 5.06. The highest BCUT2D eigenvalue weighted by molar-refractivity contribution is 6.32. The van der Waals surface area contributed by atoms with Crippen LogP contribution in [0.5, 0.6) is 11.5 Å². The van der Waals surface area contributed by atoms with Gasteiger partial charge in [-0.15, -0.1) is 0 Å². The zero-order valence-corrected chi connectivity index (χ0v) is 18.5. The molecule has 0 unspecified atom stereocenters. The Hall–Kier alpha value is -3.02. The summed E-state index contributed by atoms with van der Waals surface area (Å²) in [6, 6.07) is 20.2. The fourth-order valence-electron chi connectivity index (χ4n) is 3.54. The van der Waals surface area contributed by atoms with E-state index in [1.54, 1.807) is 7.11 Å². The molecule has 160 valence electrons. The van der Waals surface area contributed by atoms with Crippen molar-refractivity contribution >= 4 is 22.6 Å². The molecule has 5 nitrogen and oxygen atoms in total. The molecule has 0 saturated carbocycles. The van der Waals surface area contributed by atoms with E-state index in [0.29, 0.717) is 29.7 Å². The molecule has 0 aliphatic heterocycles. The SMILES string of the molecule is COc1cc(CNCCc2nc3ccccc3[nH]2)cc(Cl)c1OCc1cccc(C)c1. The first kappa shape index (κ1) is 21.2. The molecule has 0 bridgehead atoms. The number of H-pyrrole nitrogens is 1. The number of fused-ring (bicyclic) bond motifs is 1. The Morgan fingerprint density at radius 2 is 1.90 bits per heavy atom. The number of nitrogens with one attached hydrogen (secondary N) is 2. The average molecular weight is 436 g/mol. The third kappa shape index (κ3) is 5.37. The van der Waals surface area contributed by atoms with Crippen molar-refractivity contribution in [1.82, 2.24) is 15.3 Å². The molecule has 31 heavy (non-hydrogen) atoms. The van der Waals surface area contributed by atoms with Crippen LogP contribution in [0.4, 0.5) is 0 Å². The molecule has 0 atom stereocenters. The maximum absolute atomic E-state index is 6.52. The van der Waals surface area contributed by atoms with Crippen molar-refractivity contribution < 1.29 is 9.47 Å². The highest BCUT2D eigenvalue weighted by atomic mass is 35.5. The van der Waals surface area contributed by atoms with Crippen LogP contribution in [0, 0.1) is 6.92 Å². The number of aromatic amines is 1. The predicted octanol–water partition coefficient (Wildman–Crippen LogP) is 5.44. The summed E-state index contributed by atoms with van der Waals surface area (Å²) >= 11 is 6.52. The van der Waals surface area contributed by atoms with Gasteiger partial charge in [-0.05, 0) is 42.3 Å². The maximum atomic E-state index is 6.52. The number of aromatic nitrogens is 2. The summed E-state index contributed by atoms with van der Waals surface area (Å²) in [5.74, 6) is 2.18. The summed E-state index contributed by atoms with van der Waals surface area (Å²) < 4.78 is 11.5. The third-order valence-corrected chi connectivity index (χ3v) is 5.34. The van der Waals surface area contributed by atoms with Crippen molar-refractivity contribution in [2.24, 2.45) is 0 Å². The molecule has 4 aromatic rings. The van der Waals surface area contributed by atoms with Crippen LogP contribution in [0.3, 0.4) is 0 Å². The van der Waals surface area contributed by atoms with Gasteiger partial charge in [-0.3, -0.25) is 0 Å². The summed E-state index contributed by atoms with van der Waals surface area (Å²) in [6.07, 6.45) is 0.817. The van der Waals surface area contributed by atoms with Crippen LogP contribution in [0.2, 0.25) is 5.02 Å². The molecule has 0 aliphatic carbocycles. The fourth-order valence-corrected chi connectivity index (χ4v) is 3.82. The smallest absolute Gasteiger partial charge is 0.180 e. The van der Waals surface area contributed by atoms with Crippen LogP contribution in [-0.2, 0) is 19.6 Å². The second-order valence-electron chi connectivity index (χ2n) is 7.51. The number of para-hydroxylation sites is 2. The highest BCUT2D eigenvalue weighted by Crippen LogP contribution is 2.37. The monoisotopic (exact) mass is 435 g/mol. The minimum Gasteiger partial charge on any atom is -0.493 e. The average Bonchev–Trinajstić information content (AvgIpc) is 3.18. The van der Waals surface area contributed by atoms with E-state index in [4.69, 9.17) is 21.1 Å². The maximum Gasteiger partial charge on any atom is 0.180 e. The van der Waals surface area contributed by atoms with E-state index < -0.39 is 0 Å². The topological polar surface area (TPSA) is 59.2 Å². The van der Waals surface area contributed by atoms with E-state index in [-0.39, 0.29) is 0 Å². The van der Waals surface area contributed by atoms with Crippen LogP contribution < -0.4 is 14.8 Å². The molecule has 1 aromatic heterocycles. The molecular weight excluding hydrogens is 410 g/mol. The number of hydrogen-bond acceptors (Lipinski definition) is 4. The Kier molecular flexibility index (Phi) is 6.75. The molecule has 0 amide bonds. The van der Waals surface area contributed by atoms with Gasteiger partial charge < -0.3 is 19.8 Å². The van der Waals surface area contributed by atoms with E-state index in [0.717, 1.165) is 41.0 Å². The lowest BCUT2D eigenvalue weighted by Gasteiger charge is -2.15. The normalized spacial score (nSPS) is 11.1. The van der Waals surface area contributed by atoms with Gasteiger partial charge in [-0.2, -0.15) is 0 Å². The number of ether oxygens (including phenoxy) is 2. The van der Waals surface area contributed by atoms with Gasteiger partial charge in [0, 0.05) is 19.5 Å². The minimum absolute atomic E-state index is 0.437. The van der Waals surface area contributed by atoms with Crippen LogP contribution >= 0.6 is 11.6 Å². The van der Waals surface area contributed by atoms with Gasteiger partial charge >= 0.3 is 0 Å². The number of hydrogen-bond donors (Lipinski definition) is 2. The number of nitrogens with zero attached hydrogens (tertiary/aromatic N) is 1. The molecule has 4 rings (SSSR count). The van der Waals surface area contributed by atoms with E-state index in [1.165, 1.54) is 5.56 Å². The highest BCUT2D eigenvalue weighted by Gasteiger charge is 2.12. The standard InChI is InChI=1S/C25H26ClN3O2/c1-17-6-5-7-18(12-17)16-31-25-20(26)13-19(14-23(25)30-2)15-27-11-10-24-28-21-8-3-4-9-22(21)29-24/h3-9,12-14,27H,10-11,15-16H2,1-2H3,(H,28,29). The van der Waals surface area contributed by atoms with Crippen molar-refractivity contribution in [3.05, 3.63) is 88.2 Å². The van der Waals surface area contributed by atoms with Crippen molar-refractivity contribution in [3.8, 4) is 11.5 Å². The first-order valence-electron chi connectivity index (χ1n) is 10.3. The summed E-state index contributed by atoms with van der Waals surface area (Å²) in [5, 5.41) is 3.98. The molecule has 6 heteroatoms. The molecule has 0 fully saturated rings. The Morgan fingerprint density at radius 1 is 1.03 bits per heavy atom. The summed E-state index contributed by atoms with van der Waals surface area (Å²) in [6.45, 7) is 3.97. The summed E-state index contributed by atoms with van der Waals surface area (Å²) in [7, 11) is 1.63. The van der Waals surface area contributed by atoms with Crippen LogP contribution in [-0.4, -0.2) is 23.6 Å². The summed E-state index contributed by atoms with van der Waals surface area (Å²) in [4.78, 5) is 7.96. The quantitative estimate of drug-likeness (QED) is 0.343. The van der Waals surface area contributed by atoms with E-state index in [2.05, 4.69) is 34.3 Å². The summed E-state index contributed by atoms with van der Waals surface area (Å²) in [5.41, 5.74) is 5.39. The van der Waals surface area contributed by atoms with Crippen molar-refractivity contribution in [1.29, 1.82) is 0 Å². The molecule has 2 N–H and O–H groups in total. The molecule has 3 aromatic carbocycles. The lowest BCUT2D eigenvalue weighted by atomic mass is 10.1. The number of rotatable bonds is 9. The first-order chi connectivity index (χ1) is 15.1. The van der Waals surface area contributed by atoms with Gasteiger partial charge in [-0.1, -0.05) is 53.6 Å². The fraction of sp³-hybridized carbons (Fsp3) is 0.240. The Balaban J connectivity index is 1.34. The molecule has 0 spiro atoms.